The summed E-state index contributed by atoms with van der Waals surface area (Å²) in [6.07, 6.45) is 7.69. The van der Waals surface area contributed by atoms with Gasteiger partial charge in [-0.2, -0.15) is 5.10 Å². The number of nitrogens with zero attached hydrogens (tertiary/aromatic N) is 4. The van der Waals surface area contributed by atoms with Crippen LogP contribution in [0.3, 0.4) is 0 Å². The van der Waals surface area contributed by atoms with E-state index in [0.717, 1.165) is 22.5 Å². The maximum Gasteiger partial charge on any atom is 0.321 e. The first-order chi connectivity index (χ1) is 12.2. The van der Waals surface area contributed by atoms with E-state index in [1.165, 1.54) is 24.2 Å². The lowest BCUT2D eigenvalue weighted by Gasteiger charge is -2.07. The van der Waals surface area contributed by atoms with Gasteiger partial charge in [-0.3, -0.25) is 15.0 Å². The standard InChI is InChI=1S/C17H18N6OS/c1-23-15(4-5-20-23)13-6-11(7-18-9-13)8-19-16(24)22-17-21-14(10-25-17)12-2-3-12/h4-7,9-10,12H,2-3,8H2,1H3,(H2,19,21,22,24). The van der Waals surface area contributed by atoms with E-state index in [1.54, 1.807) is 23.3 Å². The van der Waals surface area contributed by atoms with Gasteiger partial charge in [-0.25, -0.2) is 9.78 Å². The van der Waals surface area contributed by atoms with E-state index in [2.05, 4.69) is 25.7 Å². The third kappa shape index (κ3) is 3.69. The van der Waals surface area contributed by atoms with E-state index in [1.807, 2.05) is 24.6 Å². The molecular formula is C17H18N6OS. The number of carbonyl (C=O) groups excluding carboxylic acids is 1. The predicted octanol–water partition coefficient (Wildman–Crippen LogP) is 3.14. The van der Waals surface area contributed by atoms with E-state index < -0.39 is 0 Å². The van der Waals surface area contributed by atoms with Crippen LogP contribution in [0.25, 0.3) is 11.3 Å². The maximum atomic E-state index is 12.1. The number of anilines is 1. The van der Waals surface area contributed by atoms with Crippen molar-refractivity contribution < 1.29 is 4.79 Å². The third-order valence-corrected chi connectivity index (χ3v) is 4.88. The largest absolute Gasteiger partial charge is 0.334 e. The lowest BCUT2D eigenvalue weighted by Crippen LogP contribution is -2.28. The van der Waals surface area contributed by atoms with E-state index >= 15 is 0 Å². The Morgan fingerprint density at radius 2 is 2.28 bits per heavy atom. The zero-order valence-corrected chi connectivity index (χ0v) is 14.6. The Bertz CT molecular complexity index is 898. The lowest BCUT2D eigenvalue weighted by atomic mass is 10.1. The van der Waals surface area contributed by atoms with Crippen LogP contribution in [0, 0.1) is 0 Å². The highest BCUT2D eigenvalue weighted by atomic mass is 32.1. The summed E-state index contributed by atoms with van der Waals surface area (Å²) in [7, 11) is 1.89. The summed E-state index contributed by atoms with van der Waals surface area (Å²) >= 11 is 1.47. The molecule has 2 N–H and O–H groups in total. The van der Waals surface area contributed by atoms with E-state index in [9.17, 15) is 4.79 Å². The van der Waals surface area contributed by atoms with Crippen LogP contribution < -0.4 is 10.6 Å². The van der Waals surface area contributed by atoms with Gasteiger partial charge in [0.1, 0.15) is 0 Å². The van der Waals surface area contributed by atoms with Gasteiger partial charge < -0.3 is 5.32 Å². The number of carbonyl (C=O) groups is 1. The Hall–Kier alpha value is -2.74. The first kappa shape index (κ1) is 15.8. The fraction of sp³-hybridized carbons (Fsp3) is 0.294. The van der Waals surface area contributed by atoms with Crippen LogP contribution in [0.15, 0.2) is 36.1 Å². The van der Waals surface area contributed by atoms with E-state index in [4.69, 9.17) is 0 Å². The van der Waals surface area contributed by atoms with Crippen molar-refractivity contribution in [3.8, 4) is 11.3 Å². The molecule has 7 nitrogen and oxygen atoms in total. The second-order valence-corrected chi connectivity index (χ2v) is 6.94. The molecule has 0 unspecified atom stereocenters. The molecule has 0 radical (unpaired) electrons. The zero-order chi connectivity index (χ0) is 17.2. The second-order valence-electron chi connectivity index (χ2n) is 6.08. The molecule has 3 aromatic rings. The van der Waals surface area contributed by atoms with Gasteiger partial charge in [-0.05, 0) is 30.5 Å². The van der Waals surface area contributed by atoms with Gasteiger partial charge in [-0.1, -0.05) is 0 Å². The zero-order valence-electron chi connectivity index (χ0n) is 13.8. The van der Waals surface area contributed by atoms with Crippen LogP contribution in [-0.2, 0) is 13.6 Å². The predicted molar refractivity (Wildman–Crippen MR) is 96.4 cm³/mol. The summed E-state index contributed by atoms with van der Waals surface area (Å²) in [5.74, 6) is 0.593. The number of nitrogens with one attached hydrogen (secondary N) is 2. The number of thiazole rings is 1. The summed E-state index contributed by atoms with van der Waals surface area (Å²) in [4.78, 5) is 20.8. The summed E-state index contributed by atoms with van der Waals surface area (Å²) in [6.45, 7) is 0.394. The van der Waals surface area contributed by atoms with Gasteiger partial charge in [0.2, 0.25) is 0 Å². The minimum atomic E-state index is -0.261. The van der Waals surface area contributed by atoms with Gasteiger partial charge in [0.05, 0.1) is 11.4 Å². The van der Waals surface area contributed by atoms with Crippen LogP contribution in [0.1, 0.15) is 30.0 Å². The summed E-state index contributed by atoms with van der Waals surface area (Å²) in [6, 6.07) is 3.67. The topological polar surface area (TPSA) is 84.7 Å². The Morgan fingerprint density at radius 1 is 1.40 bits per heavy atom. The van der Waals surface area contributed by atoms with E-state index in [-0.39, 0.29) is 6.03 Å². The average molecular weight is 354 g/mol. The van der Waals surface area contributed by atoms with Crippen molar-refractivity contribution in [3.63, 3.8) is 0 Å². The average Bonchev–Trinajstić information content (AvgIpc) is 3.21. The first-order valence-electron chi connectivity index (χ1n) is 8.11. The molecule has 8 heteroatoms. The highest BCUT2D eigenvalue weighted by molar-refractivity contribution is 7.13. The Labute approximate surface area is 149 Å². The van der Waals surface area contributed by atoms with Crippen molar-refractivity contribution in [2.45, 2.75) is 25.3 Å². The van der Waals surface area contributed by atoms with Gasteiger partial charge in [0.15, 0.2) is 5.13 Å². The van der Waals surface area contributed by atoms with Crippen molar-refractivity contribution in [3.05, 3.63) is 47.4 Å². The number of amides is 2. The molecular weight excluding hydrogens is 336 g/mol. The molecule has 3 aromatic heterocycles. The second kappa shape index (κ2) is 6.64. The normalized spacial score (nSPS) is 13.6. The summed E-state index contributed by atoms with van der Waals surface area (Å²) < 4.78 is 1.79. The molecule has 1 saturated carbocycles. The molecule has 0 aliphatic heterocycles. The molecule has 4 rings (SSSR count). The smallest absolute Gasteiger partial charge is 0.321 e. The van der Waals surface area contributed by atoms with Crippen LogP contribution in [0.4, 0.5) is 9.93 Å². The molecule has 0 bridgehead atoms. The van der Waals surface area contributed by atoms with Crippen LogP contribution in [0.5, 0.6) is 0 Å². The third-order valence-electron chi connectivity index (χ3n) is 4.10. The molecule has 2 amide bonds. The Kier molecular flexibility index (Phi) is 4.19. The van der Waals surface area contributed by atoms with Crippen molar-refractivity contribution in [1.29, 1.82) is 0 Å². The first-order valence-corrected chi connectivity index (χ1v) is 8.99. The van der Waals surface area contributed by atoms with Crippen molar-refractivity contribution in [1.82, 2.24) is 25.1 Å². The molecule has 1 aliphatic rings. The Balaban J connectivity index is 1.35. The molecule has 25 heavy (non-hydrogen) atoms. The fourth-order valence-electron chi connectivity index (χ4n) is 2.62. The van der Waals surface area contributed by atoms with Crippen molar-refractivity contribution in [2.24, 2.45) is 7.05 Å². The molecule has 0 saturated heterocycles. The number of urea groups is 1. The SMILES string of the molecule is Cn1nccc1-c1cncc(CNC(=O)Nc2nc(C3CC3)cs2)c1. The number of hydrogen-bond acceptors (Lipinski definition) is 5. The quantitative estimate of drug-likeness (QED) is 0.737. The number of pyridine rings is 1. The molecule has 128 valence electrons. The van der Waals surface area contributed by atoms with Crippen LogP contribution in [-0.4, -0.2) is 25.8 Å². The molecule has 0 spiro atoms. The summed E-state index contributed by atoms with van der Waals surface area (Å²) in [5, 5.41) is 12.5. The van der Waals surface area contributed by atoms with Gasteiger partial charge in [0, 0.05) is 49.0 Å². The van der Waals surface area contributed by atoms with Crippen molar-refractivity contribution in [2.75, 3.05) is 5.32 Å². The lowest BCUT2D eigenvalue weighted by molar-refractivity contribution is 0.251. The highest BCUT2D eigenvalue weighted by Crippen LogP contribution is 2.40. The molecule has 1 fully saturated rings. The molecule has 0 atom stereocenters. The number of aryl methyl sites for hydroxylation is 1. The van der Waals surface area contributed by atoms with Crippen LogP contribution in [0.2, 0.25) is 0 Å². The van der Waals surface area contributed by atoms with Gasteiger partial charge in [-0.15, -0.1) is 11.3 Å². The monoisotopic (exact) mass is 354 g/mol. The highest BCUT2D eigenvalue weighted by Gasteiger charge is 2.26. The van der Waals surface area contributed by atoms with Gasteiger partial charge in [0.25, 0.3) is 0 Å². The molecule has 3 heterocycles. The number of aromatic nitrogens is 4. The minimum absolute atomic E-state index is 0.261. The van der Waals surface area contributed by atoms with Crippen LogP contribution >= 0.6 is 11.3 Å². The fourth-order valence-corrected chi connectivity index (χ4v) is 3.40. The Morgan fingerprint density at radius 3 is 3.04 bits per heavy atom. The molecule has 1 aliphatic carbocycles. The van der Waals surface area contributed by atoms with E-state index in [0.29, 0.717) is 17.6 Å². The van der Waals surface area contributed by atoms with Crippen molar-refractivity contribution >= 4 is 22.5 Å². The minimum Gasteiger partial charge on any atom is -0.334 e. The number of hydrogen-bond donors (Lipinski definition) is 2. The maximum absolute atomic E-state index is 12.1. The van der Waals surface area contributed by atoms with Gasteiger partial charge >= 0.3 is 6.03 Å². The number of rotatable bonds is 5. The summed E-state index contributed by atoms with van der Waals surface area (Å²) in [5.41, 5.74) is 3.96. The molecule has 0 aromatic carbocycles.